The van der Waals surface area contributed by atoms with Crippen LogP contribution in [0.15, 0.2) is 12.1 Å². The molecule has 88 valence electrons. The zero-order chi connectivity index (χ0) is 12.3. The molecular formula is C11H14FNO3. The van der Waals surface area contributed by atoms with Crippen molar-refractivity contribution in [2.75, 3.05) is 14.2 Å². The number of nitrogens with two attached hydrogens (primary N) is 1. The zero-order valence-corrected chi connectivity index (χ0v) is 9.41. The summed E-state index contributed by atoms with van der Waals surface area (Å²) in [7, 11) is 2.81. The Hall–Kier alpha value is -1.62. The molecule has 1 atom stereocenters. The number of methoxy groups -OCH3 is 2. The van der Waals surface area contributed by atoms with E-state index in [1.165, 1.54) is 27.2 Å². The molecule has 0 saturated carbocycles. The van der Waals surface area contributed by atoms with Crippen LogP contribution in [0.2, 0.25) is 0 Å². The lowest BCUT2D eigenvalue weighted by molar-refractivity contribution is 0.0963. The number of Topliss-reactive ketones (excluding diaryl/α,β-unsaturated/α-hetero) is 1. The Balaban J connectivity index is 3.26. The smallest absolute Gasteiger partial charge is 0.182 e. The number of rotatable bonds is 4. The number of carbonyl (C=O) groups is 1. The van der Waals surface area contributed by atoms with Gasteiger partial charge in [0.25, 0.3) is 0 Å². The molecule has 0 aliphatic carbocycles. The second-order valence-corrected chi connectivity index (χ2v) is 3.34. The largest absolute Gasteiger partial charge is 0.493 e. The molecule has 1 aromatic rings. The van der Waals surface area contributed by atoms with Crippen molar-refractivity contribution in [2.45, 2.75) is 13.0 Å². The van der Waals surface area contributed by atoms with E-state index in [1.807, 2.05) is 0 Å². The molecule has 0 saturated heterocycles. The minimum absolute atomic E-state index is 0.0901. The summed E-state index contributed by atoms with van der Waals surface area (Å²) in [5.74, 6) is -0.604. The van der Waals surface area contributed by atoms with Crippen LogP contribution in [-0.2, 0) is 0 Å². The van der Waals surface area contributed by atoms with E-state index in [0.717, 1.165) is 6.07 Å². The van der Waals surface area contributed by atoms with Crippen LogP contribution >= 0.6 is 0 Å². The van der Waals surface area contributed by atoms with E-state index >= 15 is 0 Å². The molecule has 0 spiro atoms. The zero-order valence-electron chi connectivity index (χ0n) is 9.41. The van der Waals surface area contributed by atoms with Gasteiger partial charge in [-0.1, -0.05) is 0 Å². The fourth-order valence-electron chi connectivity index (χ4n) is 1.29. The number of hydrogen-bond donors (Lipinski definition) is 1. The molecule has 0 aliphatic rings. The third-order valence-electron chi connectivity index (χ3n) is 2.15. The third kappa shape index (κ3) is 2.30. The van der Waals surface area contributed by atoms with Gasteiger partial charge < -0.3 is 15.2 Å². The normalized spacial score (nSPS) is 12.1. The average molecular weight is 227 g/mol. The van der Waals surface area contributed by atoms with E-state index < -0.39 is 17.6 Å². The summed E-state index contributed by atoms with van der Waals surface area (Å²) in [6.45, 7) is 1.50. The van der Waals surface area contributed by atoms with Crippen molar-refractivity contribution in [1.82, 2.24) is 0 Å². The van der Waals surface area contributed by atoms with E-state index in [2.05, 4.69) is 0 Å². The SMILES string of the molecule is COc1cc(F)c(C(=O)C(C)N)cc1OC. The predicted molar refractivity (Wildman–Crippen MR) is 57.5 cm³/mol. The van der Waals surface area contributed by atoms with Gasteiger partial charge in [-0.15, -0.1) is 0 Å². The first-order chi connectivity index (χ1) is 7.51. The molecule has 4 nitrogen and oxygen atoms in total. The van der Waals surface area contributed by atoms with E-state index in [-0.39, 0.29) is 11.3 Å². The fourth-order valence-corrected chi connectivity index (χ4v) is 1.29. The maximum atomic E-state index is 13.6. The summed E-state index contributed by atoms with van der Waals surface area (Å²) in [4.78, 5) is 11.6. The summed E-state index contributed by atoms with van der Waals surface area (Å²) >= 11 is 0. The van der Waals surface area contributed by atoms with Gasteiger partial charge >= 0.3 is 0 Å². The van der Waals surface area contributed by atoms with Crippen LogP contribution in [0, 0.1) is 5.82 Å². The van der Waals surface area contributed by atoms with Crippen molar-refractivity contribution >= 4 is 5.78 Å². The molecule has 16 heavy (non-hydrogen) atoms. The van der Waals surface area contributed by atoms with E-state index in [4.69, 9.17) is 15.2 Å². The first-order valence-corrected chi connectivity index (χ1v) is 4.72. The monoisotopic (exact) mass is 227 g/mol. The summed E-state index contributed by atoms with van der Waals surface area (Å²) in [5.41, 5.74) is 5.32. The first kappa shape index (κ1) is 12.4. The lowest BCUT2D eigenvalue weighted by Gasteiger charge is -2.11. The Morgan fingerprint density at radius 1 is 1.31 bits per heavy atom. The second kappa shape index (κ2) is 4.94. The standard InChI is InChI=1S/C11H14FNO3/c1-6(13)11(14)7-4-9(15-2)10(16-3)5-8(7)12/h4-6H,13H2,1-3H3. The number of ether oxygens (including phenoxy) is 2. The minimum Gasteiger partial charge on any atom is -0.493 e. The van der Waals surface area contributed by atoms with Gasteiger partial charge in [-0.25, -0.2) is 4.39 Å². The summed E-state index contributed by atoms with van der Waals surface area (Å²) in [5, 5.41) is 0. The second-order valence-electron chi connectivity index (χ2n) is 3.34. The predicted octanol–water partition coefficient (Wildman–Crippen LogP) is 1.37. The Morgan fingerprint density at radius 2 is 1.81 bits per heavy atom. The lowest BCUT2D eigenvalue weighted by Crippen LogP contribution is -2.27. The number of ketones is 1. The quantitative estimate of drug-likeness (QED) is 0.789. The minimum atomic E-state index is -0.757. The average Bonchev–Trinajstić information content (AvgIpc) is 2.27. The molecule has 1 aromatic carbocycles. The Kier molecular flexibility index (Phi) is 3.84. The van der Waals surface area contributed by atoms with Crippen LogP contribution < -0.4 is 15.2 Å². The van der Waals surface area contributed by atoms with Gasteiger partial charge in [0.2, 0.25) is 0 Å². The van der Waals surface area contributed by atoms with E-state index in [1.54, 1.807) is 0 Å². The highest BCUT2D eigenvalue weighted by molar-refractivity contribution is 6.00. The van der Waals surface area contributed by atoms with Crippen molar-refractivity contribution in [3.63, 3.8) is 0 Å². The molecule has 0 radical (unpaired) electrons. The number of halogens is 1. The maximum Gasteiger partial charge on any atom is 0.182 e. The molecule has 2 N–H and O–H groups in total. The van der Waals surface area contributed by atoms with Crippen LogP contribution in [0.25, 0.3) is 0 Å². The molecule has 1 rings (SSSR count). The molecule has 0 heterocycles. The molecular weight excluding hydrogens is 213 g/mol. The van der Waals surface area contributed by atoms with Crippen molar-refractivity contribution < 1.29 is 18.7 Å². The van der Waals surface area contributed by atoms with Crippen molar-refractivity contribution in [3.05, 3.63) is 23.5 Å². The maximum absolute atomic E-state index is 13.6. The van der Waals surface area contributed by atoms with Gasteiger partial charge in [-0.2, -0.15) is 0 Å². The summed E-state index contributed by atoms with van der Waals surface area (Å²) in [6, 6.07) is 1.64. The van der Waals surface area contributed by atoms with Crippen LogP contribution in [-0.4, -0.2) is 26.0 Å². The van der Waals surface area contributed by atoms with Crippen molar-refractivity contribution in [1.29, 1.82) is 0 Å². The van der Waals surface area contributed by atoms with Gasteiger partial charge in [0.15, 0.2) is 17.3 Å². The topological polar surface area (TPSA) is 61.5 Å². The highest BCUT2D eigenvalue weighted by atomic mass is 19.1. The molecule has 0 aliphatic heterocycles. The van der Waals surface area contributed by atoms with Gasteiger partial charge in [0.05, 0.1) is 25.8 Å². The fraction of sp³-hybridized carbons (Fsp3) is 0.364. The lowest BCUT2D eigenvalue weighted by atomic mass is 10.0. The number of hydrogen-bond acceptors (Lipinski definition) is 4. The van der Waals surface area contributed by atoms with Gasteiger partial charge in [0.1, 0.15) is 5.82 Å². The van der Waals surface area contributed by atoms with Gasteiger partial charge in [-0.3, -0.25) is 4.79 Å². The molecule has 0 aromatic heterocycles. The Bertz CT molecular complexity index is 404. The van der Waals surface area contributed by atoms with Crippen LogP contribution in [0.5, 0.6) is 11.5 Å². The van der Waals surface area contributed by atoms with Crippen LogP contribution in [0.4, 0.5) is 4.39 Å². The highest BCUT2D eigenvalue weighted by Gasteiger charge is 2.19. The summed E-state index contributed by atoms with van der Waals surface area (Å²) in [6.07, 6.45) is 0. The van der Waals surface area contributed by atoms with Crippen LogP contribution in [0.1, 0.15) is 17.3 Å². The Labute approximate surface area is 93.2 Å². The molecule has 1 unspecified atom stereocenters. The van der Waals surface area contributed by atoms with Gasteiger partial charge in [-0.05, 0) is 13.0 Å². The molecule has 0 amide bonds. The molecule has 5 heteroatoms. The molecule has 0 fully saturated rings. The number of carbonyl (C=O) groups excluding carboxylic acids is 1. The van der Waals surface area contributed by atoms with Gasteiger partial charge in [0, 0.05) is 6.07 Å². The highest BCUT2D eigenvalue weighted by Crippen LogP contribution is 2.30. The summed E-state index contributed by atoms with van der Waals surface area (Å²) < 4.78 is 23.4. The van der Waals surface area contributed by atoms with Crippen molar-refractivity contribution in [2.24, 2.45) is 5.73 Å². The van der Waals surface area contributed by atoms with Crippen molar-refractivity contribution in [3.8, 4) is 11.5 Å². The number of benzene rings is 1. The van der Waals surface area contributed by atoms with Crippen LogP contribution in [0.3, 0.4) is 0 Å². The molecule has 0 bridgehead atoms. The Morgan fingerprint density at radius 3 is 2.25 bits per heavy atom. The first-order valence-electron chi connectivity index (χ1n) is 4.72. The third-order valence-corrected chi connectivity index (χ3v) is 2.15. The van der Waals surface area contributed by atoms with E-state index in [9.17, 15) is 9.18 Å². The van der Waals surface area contributed by atoms with E-state index in [0.29, 0.717) is 5.75 Å².